The second-order valence-electron chi connectivity index (χ2n) is 10.2. The van der Waals surface area contributed by atoms with E-state index in [2.05, 4.69) is 64.1 Å². The van der Waals surface area contributed by atoms with Crippen LogP contribution in [0.25, 0.3) is 0 Å². The molecule has 3 aromatic carbocycles. The molecule has 0 saturated carbocycles. The van der Waals surface area contributed by atoms with E-state index in [0.717, 1.165) is 68.7 Å². The van der Waals surface area contributed by atoms with Gasteiger partial charge < -0.3 is 24.2 Å². The van der Waals surface area contributed by atoms with Crippen LogP contribution in [0.1, 0.15) is 52.9 Å². The molecule has 0 aliphatic carbocycles. The van der Waals surface area contributed by atoms with Gasteiger partial charge in [0.15, 0.2) is 11.5 Å². The van der Waals surface area contributed by atoms with Crippen molar-refractivity contribution in [2.24, 2.45) is 0 Å². The van der Waals surface area contributed by atoms with E-state index in [-0.39, 0.29) is 11.9 Å². The Labute approximate surface area is 226 Å². The minimum absolute atomic E-state index is 0.0526. The highest BCUT2D eigenvalue weighted by Crippen LogP contribution is 2.40. The van der Waals surface area contributed by atoms with Gasteiger partial charge in [-0.3, -0.25) is 4.79 Å². The predicted molar refractivity (Wildman–Crippen MR) is 152 cm³/mol. The summed E-state index contributed by atoms with van der Waals surface area (Å²) in [5.41, 5.74) is 5.62. The number of nitrogens with zero attached hydrogens (tertiary/aromatic N) is 3. The molecule has 1 saturated heterocycles. The number of rotatable bonds is 10. The lowest BCUT2D eigenvalue weighted by Gasteiger charge is -2.36. The van der Waals surface area contributed by atoms with Crippen molar-refractivity contribution in [1.82, 2.24) is 9.80 Å². The van der Waals surface area contributed by atoms with Crippen molar-refractivity contribution in [3.8, 4) is 11.5 Å². The van der Waals surface area contributed by atoms with Crippen LogP contribution in [0.4, 0.5) is 5.69 Å². The monoisotopic (exact) mass is 513 g/mol. The summed E-state index contributed by atoms with van der Waals surface area (Å²) in [5, 5.41) is 0. The maximum atomic E-state index is 13.9. The molecule has 5 rings (SSSR count). The molecule has 0 aromatic heterocycles. The van der Waals surface area contributed by atoms with Crippen molar-refractivity contribution in [2.45, 2.75) is 38.8 Å². The fourth-order valence-corrected chi connectivity index (χ4v) is 5.90. The van der Waals surface area contributed by atoms with Crippen LogP contribution in [-0.2, 0) is 13.0 Å². The number of hydrogen-bond acceptors (Lipinski definition) is 5. The van der Waals surface area contributed by atoms with Crippen LogP contribution in [0.5, 0.6) is 11.5 Å². The third-order valence-electron chi connectivity index (χ3n) is 8.09. The molecule has 0 unspecified atom stereocenters. The van der Waals surface area contributed by atoms with E-state index >= 15 is 0 Å². The molecular formula is C32H39N3O3. The van der Waals surface area contributed by atoms with Gasteiger partial charge in [0.25, 0.3) is 5.91 Å². The molecule has 6 heteroatoms. The van der Waals surface area contributed by atoms with E-state index in [1.807, 2.05) is 24.3 Å². The summed E-state index contributed by atoms with van der Waals surface area (Å²) in [6.45, 7) is 8.05. The quantitative estimate of drug-likeness (QED) is 0.355. The minimum Gasteiger partial charge on any atom is -0.493 e. The van der Waals surface area contributed by atoms with Crippen molar-refractivity contribution in [2.75, 3.05) is 51.8 Å². The van der Waals surface area contributed by atoms with Crippen LogP contribution >= 0.6 is 0 Å². The fourth-order valence-electron chi connectivity index (χ4n) is 5.90. The van der Waals surface area contributed by atoms with Crippen molar-refractivity contribution >= 4 is 11.6 Å². The summed E-state index contributed by atoms with van der Waals surface area (Å²) in [5.74, 6) is 1.51. The van der Waals surface area contributed by atoms with E-state index in [4.69, 9.17) is 9.47 Å². The number of benzene rings is 3. The molecule has 2 aliphatic rings. The Morgan fingerprint density at radius 1 is 0.868 bits per heavy atom. The first kappa shape index (κ1) is 26.1. The summed E-state index contributed by atoms with van der Waals surface area (Å²) < 4.78 is 11.1. The molecule has 0 radical (unpaired) electrons. The van der Waals surface area contributed by atoms with Crippen LogP contribution < -0.4 is 14.4 Å². The maximum absolute atomic E-state index is 13.9. The number of hydrogen-bond donors (Lipinski definition) is 0. The Morgan fingerprint density at radius 2 is 1.63 bits per heavy atom. The number of carbonyl (C=O) groups excluding carboxylic acids is 1. The highest BCUT2D eigenvalue weighted by Gasteiger charge is 2.36. The molecule has 38 heavy (non-hydrogen) atoms. The number of piperazine rings is 1. The number of carbonyl (C=O) groups is 1. The van der Waals surface area contributed by atoms with Gasteiger partial charge in [0.1, 0.15) is 0 Å². The summed E-state index contributed by atoms with van der Waals surface area (Å²) >= 11 is 0. The van der Waals surface area contributed by atoms with E-state index < -0.39 is 0 Å². The van der Waals surface area contributed by atoms with Gasteiger partial charge in [0, 0.05) is 49.5 Å². The Bertz CT molecular complexity index is 1240. The average Bonchev–Trinajstić information content (AvgIpc) is 3.31. The van der Waals surface area contributed by atoms with Crippen LogP contribution in [0.2, 0.25) is 0 Å². The number of fused-ring (bicyclic) bond motifs is 1. The molecule has 3 aromatic rings. The predicted octanol–water partition coefficient (Wildman–Crippen LogP) is 5.57. The normalized spacial score (nSPS) is 16.4. The summed E-state index contributed by atoms with van der Waals surface area (Å²) in [4.78, 5) is 20.9. The topological polar surface area (TPSA) is 45.2 Å². The number of ether oxygens (including phenoxy) is 2. The van der Waals surface area contributed by atoms with Gasteiger partial charge in [-0.1, -0.05) is 49.4 Å². The van der Waals surface area contributed by atoms with E-state index in [1.165, 1.54) is 11.3 Å². The highest BCUT2D eigenvalue weighted by atomic mass is 16.5. The highest BCUT2D eigenvalue weighted by molar-refractivity contribution is 6.00. The second-order valence-corrected chi connectivity index (χ2v) is 10.2. The maximum Gasteiger partial charge on any atom is 0.255 e. The number of aryl methyl sites for hydroxylation is 1. The zero-order chi connectivity index (χ0) is 26.5. The molecule has 200 valence electrons. The molecule has 2 heterocycles. The van der Waals surface area contributed by atoms with Gasteiger partial charge in [0.2, 0.25) is 0 Å². The summed E-state index contributed by atoms with van der Waals surface area (Å²) in [6, 6.07) is 22.8. The molecule has 6 nitrogen and oxygen atoms in total. The van der Waals surface area contributed by atoms with Gasteiger partial charge in [-0.25, -0.2) is 0 Å². The van der Waals surface area contributed by atoms with Crippen molar-refractivity contribution in [1.29, 1.82) is 0 Å². The molecule has 0 N–H and O–H groups in total. The Morgan fingerprint density at radius 3 is 2.34 bits per heavy atom. The molecule has 1 atom stereocenters. The van der Waals surface area contributed by atoms with Gasteiger partial charge >= 0.3 is 0 Å². The van der Waals surface area contributed by atoms with Crippen molar-refractivity contribution in [3.63, 3.8) is 0 Å². The van der Waals surface area contributed by atoms with Gasteiger partial charge in [-0.2, -0.15) is 0 Å². The molecule has 0 spiro atoms. The van der Waals surface area contributed by atoms with E-state index in [9.17, 15) is 4.79 Å². The smallest absolute Gasteiger partial charge is 0.255 e. The number of methoxy groups -OCH3 is 2. The first-order valence-corrected chi connectivity index (χ1v) is 13.8. The largest absolute Gasteiger partial charge is 0.493 e. The van der Waals surface area contributed by atoms with Crippen LogP contribution in [-0.4, -0.2) is 62.7 Å². The van der Waals surface area contributed by atoms with Gasteiger partial charge in [-0.05, 0) is 61.2 Å². The lowest BCUT2D eigenvalue weighted by molar-refractivity contribution is 0.0689. The van der Waals surface area contributed by atoms with E-state index in [0.29, 0.717) is 18.0 Å². The summed E-state index contributed by atoms with van der Waals surface area (Å²) in [6.07, 6.45) is 2.83. The van der Waals surface area contributed by atoms with Crippen LogP contribution in [0, 0.1) is 0 Å². The Balaban J connectivity index is 1.42. The van der Waals surface area contributed by atoms with Crippen molar-refractivity contribution < 1.29 is 14.3 Å². The lowest BCUT2D eigenvalue weighted by atomic mass is 9.97. The third kappa shape index (κ3) is 5.37. The first-order chi connectivity index (χ1) is 18.6. The Hall–Kier alpha value is -3.51. The van der Waals surface area contributed by atoms with Crippen molar-refractivity contribution in [3.05, 3.63) is 89.0 Å². The van der Waals surface area contributed by atoms with Crippen LogP contribution in [0.15, 0.2) is 66.7 Å². The van der Waals surface area contributed by atoms with Gasteiger partial charge in [-0.15, -0.1) is 0 Å². The molecule has 1 amide bonds. The number of anilines is 1. The molecular weight excluding hydrogens is 474 g/mol. The number of amides is 1. The van der Waals surface area contributed by atoms with E-state index in [1.54, 1.807) is 14.2 Å². The zero-order valence-corrected chi connectivity index (χ0v) is 22.9. The summed E-state index contributed by atoms with van der Waals surface area (Å²) in [7, 11) is 3.31. The minimum atomic E-state index is -0.0526. The Kier molecular flexibility index (Phi) is 8.18. The zero-order valence-electron chi connectivity index (χ0n) is 22.9. The fraction of sp³-hybridized carbons (Fsp3) is 0.406. The average molecular weight is 514 g/mol. The standard InChI is InChI=1S/C32H39N3O3/c1-4-33-18-20-34(21-19-33)29-15-9-13-26-27(29)23-35(32(26)36)28(14-8-12-24-10-6-5-7-11-24)25-16-17-30(37-2)31(22-25)38-3/h5-7,9-11,13,15-17,22,28H,4,8,12,14,18-21,23H2,1-3H3/t28-/m1/s1. The third-order valence-corrected chi connectivity index (χ3v) is 8.09. The second kappa shape index (κ2) is 11.9. The SMILES string of the molecule is CCN1CCN(c2cccc3c2CN([C@H](CCCc2ccccc2)c2ccc(OC)c(OC)c2)C3=O)CC1. The first-order valence-electron chi connectivity index (χ1n) is 13.8. The number of likely N-dealkylation sites (N-methyl/N-ethyl adjacent to an activating group) is 1. The molecule has 2 aliphatic heterocycles. The van der Waals surface area contributed by atoms with Crippen LogP contribution in [0.3, 0.4) is 0 Å². The molecule has 1 fully saturated rings. The lowest BCUT2D eigenvalue weighted by Crippen LogP contribution is -2.46. The van der Waals surface area contributed by atoms with Gasteiger partial charge in [0.05, 0.1) is 20.3 Å². The molecule has 0 bridgehead atoms.